The summed E-state index contributed by atoms with van der Waals surface area (Å²) in [5.41, 5.74) is 0.769. The van der Waals surface area contributed by atoms with Gasteiger partial charge >= 0.3 is 5.97 Å². The Bertz CT molecular complexity index is 404. The van der Waals surface area contributed by atoms with Crippen molar-refractivity contribution in [3.8, 4) is 0 Å². The SMILES string of the molecule is C=C([C@H](C)CC1(CCCOC(C)=O)OCC(C)(C)CO1)[C@@H](C)O. The Balaban J connectivity index is 2.69. The molecule has 5 nitrogen and oxygen atoms in total. The van der Waals surface area contributed by atoms with Crippen molar-refractivity contribution < 1.29 is 24.1 Å². The van der Waals surface area contributed by atoms with Crippen LogP contribution in [0.1, 0.15) is 53.9 Å². The van der Waals surface area contributed by atoms with Gasteiger partial charge in [-0.25, -0.2) is 0 Å². The zero-order valence-electron chi connectivity index (χ0n) is 15.2. The Labute approximate surface area is 140 Å². The molecule has 1 aliphatic heterocycles. The largest absolute Gasteiger partial charge is 0.466 e. The molecule has 0 amide bonds. The first kappa shape index (κ1) is 20.1. The van der Waals surface area contributed by atoms with Crippen LogP contribution in [0.2, 0.25) is 0 Å². The molecule has 0 unspecified atom stereocenters. The highest BCUT2D eigenvalue weighted by Crippen LogP contribution is 2.38. The molecular weight excluding hydrogens is 296 g/mol. The summed E-state index contributed by atoms with van der Waals surface area (Å²) in [6, 6.07) is 0. The molecule has 1 aliphatic rings. The molecule has 0 spiro atoms. The molecule has 1 N–H and O–H groups in total. The highest BCUT2D eigenvalue weighted by atomic mass is 16.7. The lowest BCUT2D eigenvalue weighted by molar-refractivity contribution is -0.308. The number of hydrogen-bond acceptors (Lipinski definition) is 5. The zero-order valence-corrected chi connectivity index (χ0v) is 15.2. The Morgan fingerprint density at radius 1 is 1.30 bits per heavy atom. The first-order valence-corrected chi connectivity index (χ1v) is 8.35. The van der Waals surface area contributed by atoms with E-state index in [0.717, 1.165) is 5.57 Å². The molecule has 0 saturated carbocycles. The minimum atomic E-state index is -0.701. The molecule has 1 heterocycles. The molecule has 23 heavy (non-hydrogen) atoms. The summed E-state index contributed by atoms with van der Waals surface area (Å²) in [6.45, 7) is 14.9. The molecule has 0 aromatic carbocycles. The monoisotopic (exact) mass is 328 g/mol. The Morgan fingerprint density at radius 2 is 1.87 bits per heavy atom. The number of rotatable bonds is 8. The van der Waals surface area contributed by atoms with Crippen molar-refractivity contribution in [2.45, 2.75) is 65.8 Å². The fraction of sp³-hybridized carbons (Fsp3) is 0.833. The van der Waals surface area contributed by atoms with Gasteiger partial charge in [0.25, 0.3) is 0 Å². The molecule has 1 fully saturated rings. The quantitative estimate of drug-likeness (QED) is 0.421. The maximum Gasteiger partial charge on any atom is 0.302 e. The van der Waals surface area contributed by atoms with E-state index in [1.54, 1.807) is 6.92 Å². The van der Waals surface area contributed by atoms with E-state index in [9.17, 15) is 9.90 Å². The Hall–Kier alpha value is -0.910. The summed E-state index contributed by atoms with van der Waals surface area (Å²) in [6.07, 6.45) is 1.40. The van der Waals surface area contributed by atoms with Crippen LogP contribution in [0.3, 0.4) is 0 Å². The fourth-order valence-electron chi connectivity index (χ4n) is 2.67. The molecule has 5 heteroatoms. The lowest BCUT2D eigenvalue weighted by Crippen LogP contribution is -2.48. The minimum Gasteiger partial charge on any atom is -0.466 e. The van der Waals surface area contributed by atoms with E-state index in [2.05, 4.69) is 20.4 Å². The molecular formula is C18H32O5. The van der Waals surface area contributed by atoms with Gasteiger partial charge in [-0.2, -0.15) is 0 Å². The van der Waals surface area contributed by atoms with E-state index in [4.69, 9.17) is 14.2 Å². The molecule has 0 aliphatic carbocycles. The maximum absolute atomic E-state index is 10.9. The van der Waals surface area contributed by atoms with Crippen molar-refractivity contribution in [1.29, 1.82) is 0 Å². The molecule has 0 aromatic rings. The van der Waals surface area contributed by atoms with Gasteiger partial charge in [0.1, 0.15) is 0 Å². The van der Waals surface area contributed by atoms with Crippen LogP contribution >= 0.6 is 0 Å². The van der Waals surface area contributed by atoms with E-state index >= 15 is 0 Å². The lowest BCUT2D eigenvalue weighted by atomic mass is 9.87. The molecule has 134 valence electrons. The average molecular weight is 328 g/mol. The van der Waals surface area contributed by atoms with Crippen molar-refractivity contribution in [2.75, 3.05) is 19.8 Å². The smallest absolute Gasteiger partial charge is 0.302 e. The Morgan fingerprint density at radius 3 is 2.35 bits per heavy atom. The van der Waals surface area contributed by atoms with Crippen molar-refractivity contribution >= 4 is 5.97 Å². The summed E-state index contributed by atoms with van der Waals surface area (Å²) in [5.74, 6) is -0.904. The first-order chi connectivity index (χ1) is 10.6. The minimum absolute atomic E-state index is 0.0100. The van der Waals surface area contributed by atoms with Gasteiger partial charge in [0.2, 0.25) is 0 Å². The van der Waals surface area contributed by atoms with Crippen LogP contribution in [0, 0.1) is 11.3 Å². The normalized spacial score (nSPS) is 22.2. The first-order valence-electron chi connectivity index (χ1n) is 8.35. The summed E-state index contributed by atoms with van der Waals surface area (Å²) in [4.78, 5) is 10.9. The number of hydrogen-bond donors (Lipinski definition) is 1. The van der Waals surface area contributed by atoms with Crippen LogP contribution in [0.25, 0.3) is 0 Å². The third-order valence-corrected chi connectivity index (χ3v) is 4.25. The molecule has 2 atom stereocenters. The van der Waals surface area contributed by atoms with Crippen LogP contribution in [0.5, 0.6) is 0 Å². The fourth-order valence-corrected chi connectivity index (χ4v) is 2.67. The predicted molar refractivity (Wildman–Crippen MR) is 88.9 cm³/mol. The van der Waals surface area contributed by atoms with Crippen molar-refractivity contribution in [2.24, 2.45) is 11.3 Å². The highest BCUT2D eigenvalue weighted by Gasteiger charge is 2.41. The van der Waals surface area contributed by atoms with E-state index in [0.29, 0.717) is 39.1 Å². The standard InChI is InChI=1S/C18H32O5/c1-13(14(2)15(3)19)10-18(8-7-9-21-16(4)20)22-11-17(5,6)12-23-18/h13,15,19H,2,7-12H2,1,3-6H3/t13-,15-/m1/s1. The van der Waals surface area contributed by atoms with Crippen molar-refractivity contribution in [1.82, 2.24) is 0 Å². The lowest BCUT2D eigenvalue weighted by Gasteiger charge is -2.45. The summed E-state index contributed by atoms with van der Waals surface area (Å²) in [7, 11) is 0. The van der Waals surface area contributed by atoms with Gasteiger partial charge in [0.15, 0.2) is 5.79 Å². The second kappa shape index (κ2) is 8.27. The zero-order chi connectivity index (χ0) is 17.7. The van der Waals surface area contributed by atoms with Crippen LogP contribution < -0.4 is 0 Å². The number of esters is 1. The molecule has 1 rings (SSSR count). The van der Waals surface area contributed by atoms with E-state index in [-0.39, 0.29) is 17.3 Å². The van der Waals surface area contributed by atoms with E-state index in [1.807, 2.05) is 6.92 Å². The van der Waals surface area contributed by atoms with E-state index < -0.39 is 11.9 Å². The number of aliphatic hydroxyl groups excluding tert-OH is 1. The number of ether oxygens (including phenoxy) is 3. The highest BCUT2D eigenvalue weighted by molar-refractivity contribution is 5.65. The van der Waals surface area contributed by atoms with Crippen LogP contribution in [-0.4, -0.2) is 42.8 Å². The maximum atomic E-state index is 10.9. The summed E-state index contributed by atoms with van der Waals surface area (Å²) in [5, 5.41) is 9.72. The third-order valence-electron chi connectivity index (χ3n) is 4.25. The van der Waals surface area contributed by atoms with Crippen LogP contribution in [-0.2, 0) is 19.0 Å². The van der Waals surface area contributed by atoms with Gasteiger partial charge in [-0.1, -0.05) is 27.4 Å². The topological polar surface area (TPSA) is 65.0 Å². The molecule has 1 saturated heterocycles. The number of aliphatic hydroxyl groups is 1. The second-order valence-corrected chi connectivity index (χ2v) is 7.45. The Kier molecular flexibility index (Phi) is 7.24. The average Bonchev–Trinajstić information content (AvgIpc) is 2.45. The van der Waals surface area contributed by atoms with Gasteiger partial charge in [-0.05, 0) is 24.8 Å². The van der Waals surface area contributed by atoms with Gasteiger partial charge in [-0.3, -0.25) is 4.79 Å². The number of carbonyl (C=O) groups excluding carboxylic acids is 1. The van der Waals surface area contributed by atoms with Gasteiger partial charge in [-0.15, -0.1) is 0 Å². The molecule has 0 bridgehead atoms. The van der Waals surface area contributed by atoms with Crippen molar-refractivity contribution in [3.63, 3.8) is 0 Å². The van der Waals surface area contributed by atoms with Crippen LogP contribution in [0.4, 0.5) is 0 Å². The number of carbonyl (C=O) groups is 1. The van der Waals surface area contributed by atoms with Gasteiger partial charge < -0.3 is 19.3 Å². The summed E-state index contributed by atoms with van der Waals surface area (Å²) < 4.78 is 17.2. The molecule has 0 aromatic heterocycles. The van der Waals surface area contributed by atoms with Crippen LogP contribution in [0.15, 0.2) is 12.2 Å². The third kappa shape index (κ3) is 6.61. The van der Waals surface area contributed by atoms with Gasteiger partial charge in [0, 0.05) is 25.2 Å². The van der Waals surface area contributed by atoms with E-state index in [1.165, 1.54) is 6.92 Å². The summed E-state index contributed by atoms with van der Waals surface area (Å²) >= 11 is 0. The van der Waals surface area contributed by atoms with Crippen molar-refractivity contribution in [3.05, 3.63) is 12.2 Å². The van der Waals surface area contributed by atoms with Gasteiger partial charge in [0.05, 0.1) is 25.9 Å². The molecule has 0 radical (unpaired) electrons. The predicted octanol–water partition coefficient (Wildman–Crippen LogP) is 3.06. The second-order valence-electron chi connectivity index (χ2n) is 7.45.